The van der Waals surface area contributed by atoms with Crippen molar-refractivity contribution in [3.05, 3.63) is 29.8 Å². The number of hydrogen-bond donors (Lipinski definition) is 1. The molecular weight excluding hydrogens is 226 g/mol. The van der Waals surface area contributed by atoms with Gasteiger partial charge in [0.05, 0.1) is 12.2 Å². The average molecular weight is 251 g/mol. The van der Waals surface area contributed by atoms with Crippen LogP contribution in [0.2, 0.25) is 0 Å². The van der Waals surface area contributed by atoms with Gasteiger partial charge in [0, 0.05) is 18.7 Å². The molecule has 0 aliphatic rings. The van der Waals surface area contributed by atoms with E-state index < -0.39 is 0 Å². The molecule has 3 nitrogen and oxygen atoms in total. The fraction of sp³-hybridized carbons (Fsp3) is 0.600. The minimum absolute atomic E-state index is 0.184. The Kier molecular flexibility index (Phi) is 6.16. The standard InChI is InChI=1S/C15H25NO2/c1-11(2)18-15-9-7-6-8-13(15)14(16-4)10-12(3)17-5/h6-9,11-12,14,16H,10H2,1-5H3. The molecule has 0 aromatic heterocycles. The van der Waals surface area contributed by atoms with Crippen LogP contribution in [0.15, 0.2) is 24.3 Å². The van der Waals surface area contributed by atoms with Gasteiger partial charge in [0.25, 0.3) is 0 Å². The molecule has 0 saturated heterocycles. The highest BCUT2D eigenvalue weighted by Crippen LogP contribution is 2.29. The van der Waals surface area contributed by atoms with Crippen molar-refractivity contribution in [2.45, 2.75) is 45.4 Å². The maximum Gasteiger partial charge on any atom is 0.124 e. The van der Waals surface area contributed by atoms with E-state index in [1.807, 2.05) is 39.1 Å². The maximum atomic E-state index is 5.86. The minimum Gasteiger partial charge on any atom is -0.491 e. The predicted molar refractivity (Wildman–Crippen MR) is 75.1 cm³/mol. The SMILES string of the molecule is CNC(CC(C)OC)c1ccccc1OC(C)C. The highest BCUT2D eigenvalue weighted by Gasteiger charge is 2.17. The van der Waals surface area contributed by atoms with Gasteiger partial charge in [-0.15, -0.1) is 0 Å². The second-order valence-electron chi connectivity index (χ2n) is 4.83. The quantitative estimate of drug-likeness (QED) is 0.807. The summed E-state index contributed by atoms with van der Waals surface area (Å²) in [5.41, 5.74) is 1.19. The van der Waals surface area contributed by atoms with Crippen molar-refractivity contribution in [2.24, 2.45) is 0 Å². The molecule has 0 fully saturated rings. The first kappa shape index (κ1) is 15.0. The van der Waals surface area contributed by atoms with Gasteiger partial charge >= 0.3 is 0 Å². The summed E-state index contributed by atoms with van der Waals surface area (Å²) < 4.78 is 11.2. The molecule has 1 aromatic carbocycles. The van der Waals surface area contributed by atoms with Crippen molar-refractivity contribution in [1.82, 2.24) is 5.32 Å². The van der Waals surface area contributed by atoms with E-state index in [4.69, 9.17) is 9.47 Å². The molecule has 0 spiro atoms. The summed E-state index contributed by atoms with van der Waals surface area (Å²) in [5, 5.41) is 3.34. The number of ether oxygens (including phenoxy) is 2. The lowest BCUT2D eigenvalue weighted by Crippen LogP contribution is -2.23. The lowest BCUT2D eigenvalue weighted by atomic mass is 10.00. The van der Waals surface area contributed by atoms with Crippen molar-refractivity contribution < 1.29 is 9.47 Å². The van der Waals surface area contributed by atoms with E-state index >= 15 is 0 Å². The normalized spacial score (nSPS) is 14.6. The molecule has 1 N–H and O–H groups in total. The van der Waals surface area contributed by atoms with E-state index in [-0.39, 0.29) is 18.2 Å². The zero-order chi connectivity index (χ0) is 13.5. The molecule has 1 aromatic rings. The van der Waals surface area contributed by atoms with Gasteiger partial charge in [-0.05, 0) is 40.3 Å². The van der Waals surface area contributed by atoms with Crippen LogP contribution in [0.4, 0.5) is 0 Å². The van der Waals surface area contributed by atoms with Gasteiger partial charge in [-0.25, -0.2) is 0 Å². The van der Waals surface area contributed by atoms with Crippen molar-refractivity contribution in [2.75, 3.05) is 14.2 Å². The van der Waals surface area contributed by atoms with Gasteiger partial charge in [0.2, 0.25) is 0 Å². The first-order chi connectivity index (χ1) is 8.58. The van der Waals surface area contributed by atoms with E-state index in [9.17, 15) is 0 Å². The number of benzene rings is 1. The summed E-state index contributed by atoms with van der Waals surface area (Å²) in [6.07, 6.45) is 1.32. The van der Waals surface area contributed by atoms with E-state index in [1.54, 1.807) is 7.11 Å². The van der Waals surface area contributed by atoms with E-state index in [0.29, 0.717) is 0 Å². The predicted octanol–water partition coefficient (Wildman–Crippen LogP) is 3.16. The second kappa shape index (κ2) is 7.39. The van der Waals surface area contributed by atoms with Crippen LogP contribution in [0.3, 0.4) is 0 Å². The summed E-state index contributed by atoms with van der Waals surface area (Å²) in [6, 6.07) is 8.44. The number of methoxy groups -OCH3 is 1. The average Bonchev–Trinajstić information content (AvgIpc) is 2.36. The van der Waals surface area contributed by atoms with E-state index in [1.165, 1.54) is 5.56 Å². The molecule has 0 radical (unpaired) electrons. The Morgan fingerprint density at radius 3 is 2.39 bits per heavy atom. The van der Waals surface area contributed by atoms with Crippen molar-refractivity contribution in [1.29, 1.82) is 0 Å². The summed E-state index contributed by atoms with van der Waals surface area (Å²) in [4.78, 5) is 0. The van der Waals surface area contributed by atoms with Crippen molar-refractivity contribution in [3.8, 4) is 5.75 Å². The van der Waals surface area contributed by atoms with Gasteiger partial charge < -0.3 is 14.8 Å². The Morgan fingerprint density at radius 2 is 1.83 bits per heavy atom. The molecule has 0 bridgehead atoms. The zero-order valence-corrected chi connectivity index (χ0v) is 12.1. The Morgan fingerprint density at radius 1 is 1.17 bits per heavy atom. The Labute approximate surface area is 110 Å². The fourth-order valence-corrected chi connectivity index (χ4v) is 1.96. The van der Waals surface area contributed by atoms with Gasteiger partial charge in [0.1, 0.15) is 5.75 Å². The Hall–Kier alpha value is -1.06. The molecule has 18 heavy (non-hydrogen) atoms. The highest BCUT2D eigenvalue weighted by atomic mass is 16.5. The van der Waals surface area contributed by atoms with Crippen LogP contribution in [0.5, 0.6) is 5.75 Å². The molecule has 1 rings (SSSR count). The molecule has 3 heteroatoms. The van der Waals surface area contributed by atoms with E-state index in [0.717, 1.165) is 12.2 Å². The lowest BCUT2D eigenvalue weighted by Gasteiger charge is -2.23. The number of nitrogens with one attached hydrogen (secondary N) is 1. The van der Waals surface area contributed by atoms with Crippen LogP contribution < -0.4 is 10.1 Å². The summed E-state index contributed by atoms with van der Waals surface area (Å²) in [7, 11) is 3.72. The molecule has 0 heterocycles. The topological polar surface area (TPSA) is 30.5 Å². The Bertz CT molecular complexity index is 352. The van der Waals surface area contributed by atoms with E-state index in [2.05, 4.69) is 18.3 Å². The fourth-order valence-electron chi connectivity index (χ4n) is 1.96. The largest absolute Gasteiger partial charge is 0.491 e. The number of rotatable bonds is 7. The second-order valence-corrected chi connectivity index (χ2v) is 4.83. The van der Waals surface area contributed by atoms with Crippen LogP contribution in [0.1, 0.15) is 38.8 Å². The number of hydrogen-bond acceptors (Lipinski definition) is 3. The van der Waals surface area contributed by atoms with Gasteiger partial charge in [-0.2, -0.15) is 0 Å². The molecule has 0 aliphatic carbocycles. The first-order valence-electron chi connectivity index (χ1n) is 6.54. The molecular formula is C15H25NO2. The minimum atomic E-state index is 0.184. The van der Waals surface area contributed by atoms with Crippen LogP contribution in [-0.4, -0.2) is 26.4 Å². The molecule has 2 unspecified atom stereocenters. The smallest absolute Gasteiger partial charge is 0.124 e. The van der Waals surface area contributed by atoms with Gasteiger partial charge in [-0.3, -0.25) is 0 Å². The Balaban J connectivity index is 2.90. The first-order valence-corrected chi connectivity index (χ1v) is 6.54. The highest BCUT2D eigenvalue weighted by molar-refractivity contribution is 5.36. The molecule has 2 atom stereocenters. The third-order valence-corrected chi connectivity index (χ3v) is 2.98. The lowest BCUT2D eigenvalue weighted by molar-refractivity contribution is 0.101. The zero-order valence-electron chi connectivity index (χ0n) is 12.1. The molecule has 102 valence electrons. The van der Waals surface area contributed by atoms with Crippen LogP contribution in [-0.2, 0) is 4.74 Å². The third-order valence-electron chi connectivity index (χ3n) is 2.98. The van der Waals surface area contributed by atoms with Crippen molar-refractivity contribution >= 4 is 0 Å². The third kappa shape index (κ3) is 4.31. The summed E-state index contributed by atoms with van der Waals surface area (Å²) in [6.45, 7) is 6.17. The monoisotopic (exact) mass is 251 g/mol. The molecule has 0 amide bonds. The van der Waals surface area contributed by atoms with Crippen LogP contribution in [0.25, 0.3) is 0 Å². The van der Waals surface area contributed by atoms with Crippen LogP contribution >= 0.6 is 0 Å². The van der Waals surface area contributed by atoms with Gasteiger partial charge in [-0.1, -0.05) is 18.2 Å². The number of para-hydroxylation sites is 1. The molecule has 0 aliphatic heterocycles. The van der Waals surface area contributed by atoms with Gasteiger partial charge in [0.15, 0.2) is 0 Å². The maximum absolute atomic E-state index is 5.86. The molecule has 0 saturated carbocycles. The van der Waals surface area contributed by atoms with Crippen LogP contribution in [0, 0.1) is 0 Å². The summed E-state index contributed by atoms with van der Waals surface area (Å²) in [5.74, 6) is 0.954. The van der Waals surface area contributed by atoms with Crippen molar-refractivity contribution in [3.63, 3.8) is 0 Å². The summed E-state index contributed by atoms with van der Waals surface area (Å²) >= 11 is 0.